The first kappa shape index (κ1) is 16.5. The minimum absolute atomic E-state index is 0.258. The maximum atomic E-state index is 11.6. The number of sulfonamides is 1. The van der Waals surface area contributed by atoms with Gasteiger partial charge in [0.15, 0.2) is 0 Å². The average molecular weight is 311 g/mol. The molecule has 2 atom stereocenters. The van der Waals surface area contributed by atoms with Crippen molar-refractivity contribution in [3.05, 3.63) is 35.4 Å². The van der Waals surface area contributed by atoms with Crippen molar-refractivity contribution in [2.45, 2.75) is 38.7 Å². The topological polar surface area (TPSA) is 57.6 Å². The van der Waals surface area contributed by atoms with Gasteiger partial charge in [0.25, 0.3) is 0 Å². The molecular weight excluding hydrogens is 286 g/mol. The fraction of sp³-hybridized carbons (Fsp3) is 0.625. The molecule has 5 heteroatoms. The van der Waals surface area contributed by atoms with Gasteiger partial charge in [0.05, 0.1) is 12.4 Å². The molecule has 0 bridgehead atoms. The highest BCUT2D eigenvalue weighted by Gasteiger charge is 2.27. The maximum absolute atomic E-state index is 11.6. The number of rotatable bonds is 5. The van der Waals surface area contributed by atoms with E-state index in [4.69, 9.17) is 0 Å². The molecule has 1 fully saturated rings. The molecule has 1 saturated heterocycles. The van der Waals surface area contributed by atoms with E-state index in [0.29, 0.717) is 25.9 Å². The Morgan fingerprint density at radius 1 is 1.33 bits per heavy atom. The van der Waals surface area contributed by atoms with Crippen molar-refractivity contribution >= 4 is 10.0 Å². The molecule has 2 unspecified atom stereocenters. The van der Waals surface area contributed by atoms with Gasteiger partial charge in [0.1, 0.15) is 0 Å². The summed E-state index contributed by atoms with van der Waals surface area (Å²) >= 11 is 0. The second kappa shape index (κ2) is 6.90. The number of benzene rings is 1. The molecule has 0 radical (unpaired) electrons. The quantitative estimate of drug-likeness (QED) is 0.904. The molecule has 1 aromatic rings. The molecule has 21 heavy (non-hydrogen) atoms. The molecule has 1 aromatic carbocycles. The molecule has 1 aliphatic rings. The van der Waals surface area contributed by atoms with E-state index in [-0.39, 0.29) is 5.92 Å². The van der Waals surface area contributed by atoms with Crippen molar-refractivity contribution in [2.75, 3.05) is 19.3 Å². The van der Waals surface area contributed by atoms with Crippen LogP contribution < -0.4 is 0 Å². The van der Waals surface area contributed by atoms with Crippen molar-refractivity contribution in [1.29, 1.82) is 0 Å². The van der Waals surface area contributed by atoms with Gasteiger partial charge in [-0.05, 0) is 44.1 Å². The summed E-state index contributed by atoms with van der Waals surface area (Å²) < 4.78 is 24.7. The summed E-state index contributed by atoms with van der Waals surface area (Å²) in [5.41, 5.74) is 2.34. The van der Waals surface area contributed by atoms with Crippen LogP contribution in [0.4, 0.5) is 0 Å². The van der Waals surface area contributed by atoms with Crippen LogP contribution in [0.15, 0.2) is 24.3 Å². The third kappa shape index (κ3) is 5.09. The van der Waals surface area contributed by atoms with Crippen molar-refractivity contribution in [2.24, 2.45) is 5.92 Å². The monoisotopic (exact) mass is 311 g/mol. The maximum Gasteiger partial charge on any atom is 0.211 e. The Morgan fingerprint density at radius 3 is 2.62 bits per heavy atom. The normalized spacial score (nSPS) is 22.1. The molecule has 118 valence electrons. The van der Waals surface area contributed by atoms with E-state index >= 15 is 0 Å². The fourth-order valence-corrected chi connectivity index (χ4v) is 3.93. The van der Waals surface area contributed by atoms with E-state index < -0.39 is 16.1 Å². The summed E-state index contributed by atoms with van der Waals surface area (Å²) in [4.78, 5) is 0. The Labute approximate surface area is 127 Å². The van der Waals surface area contributed by atoms with Crippen LogP contribution in [0.3, 0.4) is 0 Å². The van der Waals surface area contributed by atoms with E-state index in [1.165, 1.54) is 11.8 Å². The zero-order valence-corrected chi connectivity index (χ0v) is 13.6. The summed E-state index contributed by atoms with van der Waals surface area (Å²) in [5, 5.41) is 10.2. The Kier molecular flexibility index (Phi) is 5.41. The Hall–Kier alpha value is -0.910. The first-order valence-electron chi connectivity index (χ1n) is 7.53. The van der Waals surface area contributed by atoms with Gasteiger partial charge in [-0.1, -0.05) is 29.8 Å². The summed E-state index contributed by atoms with van der Waals surface area (Å²) in [6.45, 7) is 3.20. The third-order valence-electron chi connectivity index (χ3n) is 4.15. The lowest BCUT2D eigenvalue weighted by molar-refractivity contribution is 0.122. The van der Waals surface area contributed by atoms with Gasteiger partial charge in [0.2, 0.25) is 10.0 Å². The highest BCUT2D eigenvalue weighted by atomic mass is 32.2. The second-order valence-corrected chi connectivity index (χ2v) is 8.19. The third-order valence-corrected chi connectivity index (χ3v) is 5.42. The Morgan fingerprint density at radius 2 is 2.00 bits per heavy atom. The van der Waals surface area contributed by atoms with Crippen molar-refractivity contribution < 1.29 is 13.5 Å². The second-order valence-electron chi connectivity index (χ2n) is 6.21. The summed E-state index contributed by atoms with van der Waals surface area (Å²) in [7, 11) is -3.11. The predicted molar refractivity (Wildman–Crippen MR) is 84.6 cm³/mol. The molecule has 0 amide bonds. The van der Waals surface area contributed by atoms with Gasteiger partial charge in [-0.2, -0.15) is 0 Å². The molecule has 1 N–H and O–H groups in total. The average Bonchev–Trinajstić information content (AvgIpc) is 2.41. The molecular formula is C16H25NO3S. The van der Waals surface area contributed by atoms with Crippen LogP contribution >= 0.6 is 0 Å². The number of aryl methyl sites for hydroxylation is 1. The van der Waals surface area contributed by atoms with Gasteiger partial charge in [-0.25, -0.2) is 12.7 Å². The highest BCUT2D eigenvalue weighted by Crippen LogP contribution is 2.23. The Bertz CT molecular complexity index is 553. The lowest BCUT2D eigenvalue weighted by Gasteiger charge is -2.32. The van der Waals surface area contributed by atoms with Gasteiger partial charge in [0, 0.05) is 13.1 Å². The van der Waals surface area contributed by atoms with Crippen LogP contribution in [0.25, 0.3) is 0 Å². The largest absolute Gasteiger partial charge is 0.393 e. The van der Waals surface area contributed by atoms with E-state index in [2.05, 4.69) is 0 Å². The number of aliphatic hydroxyl groups excluding tert-OH is 1. The molecule has 0 spiro atoms. The van der Waals surface area contributed by atoms with Crippen LogP contribution in [-0.2, 0) is 16.4 Å². The SMILES string of the molecule is Cc1ccc(CC(O)CC2CCCN(S(C)(=O)=O)C2)cc1. The van der Waals surface area contributed by atoms with Crippen molar-refractivity contribution in [3.8, 4) is 0 Å². The van der Waals surface area contributed by atoms with E-state index in [9.17, 15) is 13.5 Å². The summed E-state index contributed by atoms with van der Waals surface area (Å²) in [5.74, 6) is 0.258. The number of piperidine rings is 1. The van der Waals surface area contributed by atoms with Crippen molar-refractivity contribution in [1.82, 2.24) is 4.31 Å². The highest BCUT2D eigenvalue weighted by molar-refractivity contribution is 7.88. The summed E-state index contributed by atoms with van der Waals surface area (Å²) in [6, 6.07) is 8.19. The van der Waals surface area contributed by atoms with Crippen LogP contribution in [0, 0.1) is 12.8 Å². The number of hydrogen-bond acceptors (Lipinski definition) is 3. The van der Waals surface area contributed by atoms with E-state index in [0.717, 1.165) is 18.4 Å². The molecule has 0 aliphatic carbocycles. The Balaban J connectivity index is 1.87. The molecule has 0 saturated carbocycles. The lowest BCUT2D eigenvalue weighted by Crippen LogP contribution is -2.40. The fourth-order valence-electron chi connectivity index (χ4n) is 2.98. The van der Waals surface area contributed by atoms with Crippen LogP contribution in [0.5, 0.6) is 0 Å². The lowest BCUT2D eigenvalue weighted by atomic mass is 9.91. The minimum Gasteiger partial charge on any atom is -0.393 e. The van der Waals surface area contributed by atoms with Crippen LogP contribution in [0.1, 0.15) is 30.4 Å². The zero-order chi connectivity index (χ0) is 15.5. The number of hydrogen-bond donors (Lipinski definition) is 1. The predicted octanol–water partition coefficient (Wildman–Crippen LogP) is 1.96. The first-order valence-corrected chi connectivity index (χ1v) is 9.38. The minimum atomic E-state index is -3.11. The first-order chi connectivity index (χ1) is 9.84. The molecule has 4 nitrogen and oxygen atoms in total. The van der Waals surface area contributed by atoms with Crippen LogP contribution in [0.2, 0.25) is 0 Å². The van der Waals surface area contributed by atoms with Gasteiger partial charge in [-0.3, -0.25) is 0 Å². The standard InChI is InChI=1S/C16H25NO3S/c1-13-5-7-14(8-6-13)10-16(18)11-15-4-3-9-17(12-15)21(2,19)20/h5-8,15-16,18H,3-4,9-12H2,1-2H3. The van der Waals surface area contributed by atoms with Crippen molar-refractivity contribution in [3.63, 3.8) is 0 Å². The number of nitrogens with zero attached hydrogens (tertiary/aromatic N) is 1. The molecule has 0 aromatic heterocycles. The molecule has 2 rings (SSSR count). The smallest absolute Gasteiger partial charge is 0.211 e. The zero-order valence-electron chi connectivity index (χ0n) is 12.8. The van der Waals surface area contributed by atoms with Gasteiger partial charge >= 0.3 is 0 Å². The van der Waals surface area contributed by atoms with Gasteiger partial charge in [-0.15, -0.1) is 0 Å². The number of aliphatic hydroxyl groups is 1. The summed E-state index contributed by atoms with van der Waals surface area (Å²) in [6.07, 6.45) is 4.04. The van der Waals surface area contributed by atoms with E-state index in [1.54, 1.807) is 4.31 Å². The van der Waals surface area contributed by atoms with Gasteiger partial charge < -0.3 is 5.11 Å². The van der Waals surface area contributed by atoms with Crippen LogP contribution in [-0.4, -0.2) is 43.3 Å². The molecule has 1 heterocycles. The molecule has 1 aliphatic heterocycles. The van der Waals surface area contributed by atoms with E-state index in [1.807, 2.05) is 31.2 Å².